The first kappa shape index (κ1) is 24.1. The highest BCUT2D eigenvalue weighted by atomic mass is 127. The summed E-state index contributed by atoms with van der Waals surface area (Å²) in [6.07, 6.45) is 2.71. The van der Waals surface area contributed by atoms with Crippen molar-refractivity contribution in [1.82, 2.24) is 4.90 Å². The highest BCUT2D eigenvalue weighted by Crippen LogP contribution is 2.37. The molecule has 1 aliphatic rings. The molecule has 168 valence electrons. The Hall–Kier alpha value is -2.53. The second-order valence-corrected chi connectivity index (χ2v) is 8.96. The average molecular weight is 566 g/mol. The van der Waals surface area contributed by atoms with Gasteiger partial charge in [0.15, 0.2) is 16.7 Å². The van der Waals surface area contributed by atoms with Gasteiger partial charge >= 0.3 is 5.97 Å². The average Bonchev–Trinajstić information content (AvgIpc) is 3.05. The van der Waals surface area contributed by atoms with Gasteiger partial charge in [0.25, 0.3) is 5.91 Å². The van der Waals surface area contributed by atoms with Crippen LogP contribution in [-0.2, 0) is 9.53 Å². The summed E-state index contributed by atoms with van der Waals surface area (Å²) in [7, 11) is 4.60. The number of carbonyl (C=O) groups excluding carboxylic acids is 2. The minimum Gasteiger partial charge on any atom is -0.493 e. The number of benzene rings is 2. The second kappa shape index (κ2) is 10.9. The van der Waals surface area contributed by atoms with E-state index in [0.29, 0.717) is 39.4 Å². The van der Waals surface area contributed by atoms with Gasteiger partial charge in [-0.2, -0.15) is 0 Å². The van der Waals surface area contributed by atoms with E-state index in [2.05, 4.69) is 27.6 Å². The highest BCUT2D eigenvalue weighted by molar-refractivity contribution is 14.1. The number of aliphatic imine (C=N–C) groups is 1. The molecule has 1 heterocycles. The fraction of sp³-hybridized carbons (Fsp3) is 0.261. The van der Waals surface area contributed by atoms with Crippen LogP contribution in [-0.4, -0.2) is 49.8 Å². The topological polar surface area (TPSA) is 77.4 Å². The van der Waals surface area contributed by atoms with E-state index in [1.54, 1.807) is 38.4 Å². The van der Waals surface area contributed by atoms with Gasteiger partial charge in [0, 0.05) is 7.05 Å². The lowest BCUT2D eigenvalue weighted by atomic mass is 10.2. The van der Waals surface area contributed by atoms with Gasteiger partial charge in [0.2, 0.25) is 0 Å². The molecule has 3 rings (SSSR count). The zero-order valence-electron chi connectivity index (χ0n) is 18.2. The maximum absolute atomic E-state index is 12.8. The number of thioether (sulfide) groups is 1. The zero-order valence-corrected chi connectivity index (χ0v) is 21.2. The SMILES string of the molecule is CCCOc1c(I)cc(C=C2SC(=Nc3cccc(C(=O)OC)c3)N(C)C2=O)cc1OC. The van der Waals surface area contributed by atoms with Gasteiger partial charge in [-0.25, -0.2) is 9.79 Å². The van der Waals surface area contributed by atoms with E-state index in [4.69, 9.17) is 14.2 Å². The Morgan fingerprint density at radius 3 is 2.72 bits per heavy atom. The molecule has 0 atom stereocenters. The lowest BCUT2D eigenvalue weighted by Gasteiger charge is -2.13. The fourth-order valence-electron chi connectivity index (χ4n) is 2.90. The number of amides is 1. The van der Waals surface area contributed by atoms with E-state index in [-0.39, 0.29) is 5.91 Å². The van der Waals surface area contributed by atoms with Crippen molar-refractivity contribution in [3.05, 3.63) is 56.0 Å². The van der Waals surface area contributed by atoms with Gasteiger partial charge in [-0.3, -0.25) is 9.69 Å². The van der Waals surface area contributed by atoms with Gasteiger partial charge in [-0.1, -0.05) is 13.0 Å². The predicted molar refractivity (Wildman–Crippen MR) is 135 cm³/mol. The molecule has 9 heteroatoms. The van der Waals surface area contributed by atoms with Crippen LogP contribution in [0.1, 0.15) is 29.3 Å². The second-order valence-electron chi connectivity index (χ2n) is 6.79. The molecule has 1 saturated heterocycles. The van der Waals surface area contributed by atoms with Crippen LogP contribution in [0, 0.1) is 3.57 Å². The molecule has 1 aliphatic heterocycles. The molecule has 1 fully saturated rings. The summed E-state index contributed by atoms with van der Waals surface area (Å²) in [4.78, 5) is 31.1. The van der Waals surface area contributed by atoms with E-state index in [0.717, 1.165) is 15.6 Å². The lowest BCUT2D eigenvalue weighted by Crippen LogP contribution is -2.23. The first-order chi connectivity index (χ1) is 15.4. The molecule has 1 amide bonds. The molecule has 0 saturated carbocycles. The van der Waals surface area contributed by atoms with E-state index in [1.807, 2.05) is 25.1 Å². The third-order valence-electron chi connectivity index (χ3n) is 4.50. The number of esters is 1. The van der Waals surface area contributed by atoms with Crippen LogP contribution in [0.4, 0.5) is 5.69 Å². The Bertz CT molecular complexity index is 1100. The number of amidine groups is 1. The third-order valence-corrected chi connectivity index (χ3v) is 6.36. The summed E-state index contributed by atoms with van der Waals surface area (Å²) < 4.78 is 17.0. The summed E-state index contributed by atoms with van der Waals surface area (Å²) in [5.41, 5.74) is 1.78. The predicted octanol–water partition coefficient (Wildman–Crippen LogP) is 5.11. The Balaban J connectivity index is 1.89. The monoisotopic (exact) mass is 566 g/mol. The smallest absolute Gasteiger partial charge is 0.337 e. The van der Waals surface area contributed by atoms with E-state index < -0.39 is 5.97 Å². The summed E-state index contributed by atoms with van der Waals surface area (Å²) >= 11 is 3.47. The molecule has 0 aromatic heterocycles. The first-order valence-corrected chi connectivity index (χ1v) is 11.7. The molecular weight excluding hydrogens is 543 g/mol. The molecule has 0 spiro atoms. The molecule has 0 aliphatic carbocycles. The van der Waals surface area contributed by atoms with Crippen molar-refractivity contribution in [2.75, 3.05) is 27.9 Å². The summed E-state index contributed by atoms with van der Waals surface area (Å²) in [6, 6.07) is 10.6. The quantitative estimate of drug-likeness (QED) is 0.264. The highest BCUT2D eigenvalue weighted by Gasteiger charge is 2.30. The van der Waals surface area contributed by atoms with Gasteiger partial charge in [-0.15, -0.1) is 0 Å². The van der Waals surface area contributed by atoms with Gasteiger partial charge < -0.3 is 14.2 Å². The van der Waals surface area contributed by atoms with Crippen LogP contribution in [0.5, 0.6) is 11.5 Å². The van der Waals surface area contributed by atoms with Crippen LogP contribution in [0.25, 0.3) is 6.08 Å². The van der Waals surface area contributed by atoms with Crippen LogP contribution in [0.3, 0.4) is 0 Å². The lowest BCUT2D eigenvalue weighted by molar-refractivity contribution is -0.121. The minimum absolute atomic E-state index is 0.154. The van der Waals surface area contributed by atoms with Crippen LogP contribution < -0.4 is 9.47 Å². The molecule has 0 bridgehead atoms. The molecule has 32 heavy (non-hydrogen) atoms. The molecular formula is C23H23IN2O5S. The van der Waals surface area contributed by atoms with Crippen LogP contribution in [0.15, 0.2) is 46.3 Å². The summed E-state index contributed by atoms with van der Waals surface area (Å²) in [6.45, 7) is 2.64. The molecule has 0 N–H and O–H groups in total. The van der Waals surface area contributed by atoms with Crippen molar-refractivity contribution in [2.45, 2.75) is 13.3 Å². The van der Waals surface area contributed by atoms with Crippen molar-refractivity contribution < 1.29 is 23.8 Å². The van der Waals surface area contributed by atoms with E-state index in [9.17, 15) is 9.59 Å². The Labute approximate surface area is 205 Å². The molecule has 0 radical (unpaired) electrons. The maximum Gasteiger partial charge on any atom is 0.337 e. The van der Waals surface area contributed by atoms with Crippen molar-refractivity contribution in [2.24, 2.45) is 4.99 Å². The summed E-state index contributed by atoms with van der Waals surface area (Å²) in [5, 5.41) is 0.521. The number of ether oxygens (including phenoxy) is 3. The van der Waals surface area contributed by atoms with Crippen molar-refractivity contribution in [3.8, 4) is 11.5 Å². The number of carbonyl (C=O) groups is 2. The number of likely N-dealkylation sites (N-methyl/N-ethyl adjacent to an activating group) is 1. The number of nitrogens with zero attached hydrogens (tertiary/aromatic N) is 2. The van der Waals surface area contributed by atoms with E-state index >= 15 is 0 Å². The zero-order chi connectivity index (χ0) is 23.3. The number of methoxy groups -OCH3 is 2. The maximum atomic E-state index is 12.8. The Morgan fingerprint density at radius 1 is 1.25 bits per heavy atom. The fourth-order valence-corrected chi connectivity index (χ4v) is 4.67. The van der Waals surface area contributed by atoms with Gasteiger partial charge in [0.05, 0.1) is 40.6 Å². The minimum atomic E-state index is -0.439. The number of rotatable bonds is 7. The largest absolute Gasteiger partial charge is 0.493 e. The Kier molecular flexibility index (Phi) is 8.19. The van der Waals surface area contributed by atoms with E-state index in [1.165, 1.54) is 23.8 Å². The normalized spacial score (nSPS) is 16.0. The van der Waals surface area contributed by atoms with Crippen molar-refractivity contribution >= 4 is 63.2 Å². The standard InChI is InChI=1S/C23H23IN2O5S/c1-5-9-31-20-17(24)10-14(11-18(20)29-3)12-19-21(27)26(2)23(32-19)25-16-8-6-7-15(13-16)22(28)30-4/h6-8,10-13H,5,9H2,1-4H3. The molecule has 7 nitrogen and oxygen atoms in total. The molecule has 0 unspecified atom stereocenters. The van der Waals surface area contributed by atoms with Gasteiger partial charge in [-0.05, 0) is 82.7 Å². The Morgan fingerprint density at radius 2 is 2.03 bits per heavy atom. The van der Waals surface area contributed by atoms with Crippen LogP contribution in [0.2, 0.25) is 0 Å². The third kappa shape index (κ3) is 5.44. The van der Waals surface area contributed by atoms with Gasteiger partial charge in [0.1, 0.15) is 0 Å². The number of halogens is 1. The summed E-state index contributed by atoms with van der Waals surface area (Å²) in [5.74, 6) is 0.728. The first-order valence-electron chi connectivity index (χ1n) is 9.83. The van der Waals surface area contributed by atoms with Crippen molar-refractivity contribution in [1.29, 1.82) is 0 Å². The number of hydrogen-bond donors (Lipinski definition) is 0. The van der Waals surface area contributed by atoms with Crippen LogP contribution >= 0.6 is 34.4 Å². The van der Waals surface area contributed by atoms with Crippen molar-refractivity contribution in [3.63, 3.8) is 0 Å². The number of hydrogen-bond acceptors (Lipinski definition) is 7. The molecule has 2 aromatic carbocycles. The molecule has 2 aromatic rings.